The molecule has 0 fully saturated rings. The number of halogens is 3. The number of aliphatic hydroxyl groups is 1. The van der Waals surface area contributed by atoms with E-state index >= 15 is 0 Å². The Kier molecular flexibility index (Phi) is 4.90. The predicted molar refractivity (Wildman–Crippen MR) is 92.1 cm³/mol. The maximum absolute atomic E-state index is 13.2. The highest BCUT2D eigenvalue weighted by molar-refractivity contribution is 5.95. The summed E-state index contributed by atoms with van der Waals surface area (Å²) < 4.78 is 39.6. The van der Waals surface area contributed by atoms with E-state index in [0.29, 0.717) is 10.6 Å². The van der Waals surface area contributed by atoms with Crippen molar-refractivity contribution in [3.8, 4) is 0 Å². The summed E-state index contributed by atoms with van der Waals surface area (Å²) in [7, 11) is 0. The molecule has 0 spiro atoms. The van der Waals surface area contributed by atoms with Gasteiger partial charge < -0.3 is 5.11 Å². The van der Waals surface area contributed by atoms with Crippen molar-refractivity contribution in [1.29, 1.82) is 0 Å². The van der Waals surface area contributed by atoms with Gasteiger partial charge in [-0.2, -0.15) is 23.3 Å². The van der Waals surface area contributed by atoms with Crippen LogP contribution in [0, 0.1) is 10.1 Å². The number of hydrogen-bond donors (Lipinski definition) is 1. The fourth-order valence-corrected chi connectivity index (χ4v) is 2.89. The lowest BCUT2D eigenvalue weighted by Gasteiger charge is -2.31. The molecule has 7 nitrogen and oxygen atoms in total. The molecule has 0 radical (unpaired) electrons. The second kappa shape index (κ2) is 7.04. The molecule has 28 heavy (non-hydrogen) atoms. The molecular weight excluding hydrogens is 379 g/mol. The smallest absolute Gasteiger partial charge is 0.365 e. The Morgan fingerprint density at radius 3 is 2.32 bits per heavy atom. The Morgan fingerprint density at radius 1 is 1.18 bits per heavy atom. The van der Waals surface area contributed by atoms with Gasteiger partial charge in [0.15, 0.2) is 5.72 Å². The van der Waals surface area contributed by atoms with Crippen LogP contribution in [0.1, 0.15) is 17.5 Å². The lowest BCUT2D eigenvalue weighted by atomic mass is 9.96. The minimum absolute atomic E-state index is 0.109. The molecule has 0 aromatic heterocycles. The number of nitro groups is 1. The molecule has 0 bridgehead atoms. The fourth-order valence-electron chi connectivity index (χ4n) is 2.89. The molecule has 2 aromatic rings. The average molecular weight is 393 g/mol. The monoisotopic (exact) mass is 393 g/mol. The summed E-state index contributed by atoms with van der Waals surface area (Å²) in [4.78, 5) is 22.7. The first kappa shape index (κ1) is 19.5. The van der Waals surface area contributed by atoms with Gasteiger partial charge in [0.05, 0.1) is 17.8 Å². The number of hydrazone groups is 1. The normalized spacial score (nSPS) is 19.4. The first-order chi connectivity index (χ1) is 13.1. The molecule has 1 atom stereocenters. The van der Waals surface area contributed by atoms with Crippen LogP contribution in [0.3, 0.4) is 0 Å². The molecule has 0 saturated heterocycles. The lowest BCUT2D eigenvalue weighted by molar-refractivity contribution is -0.384. The number of amides is 1. The molecule has 10 heteroatoms. The zero-order chi connectivity index (χ0) is 20.5. The molecule has 146 valence electrons. The highest BCUT2D eigenvalue weighted by atomic mass is 19.4. The molecule has 2 aromatic carbocycles. The average Bonchev–Trinajstić information content (AvgIpc) is 3.02. The molecule has 0 aliphatic carbocycles. The topological polar surface area (TPSA) is 96.0 Å². The Morgan fingerprint density at radius 2 is 1.79 bits per heavy atom. The largest absolute Gasteiger partial charge is 0.431 e. The van der Waals surface area contributed by atoms with Crippen LogP contribution in [-0.2, 0) is 16.9 Å². The van der Waals surface area contributed by atoms with Crippen molar-refractivity contribution < 1.29 is 28.0 Å². The van der Waals surface area contributed by atoms with E-state index in [9.17, 15) is 33.2 Å². The van der Waals surface area contributed by atoms with Gasteiger partial charge in [-0.15, -0.1) is 0 Å². The highest BCUT2D eigenvalue weighted by Crippen LogP contribution is 2.40. The van der Waals surface area contributed by atoms with Gasteiger partial charge in [0.1, 0.15) is 5.71 Å². The van der Waals surface area contributed by atoms with Crippen molar-refractivity contribution in [2.75, 3.05) is 0 Å². The number of nitro benzene ring substituents is 1. The van der Waals surface area contributed by atoms with Gasteiger partial charge in [0, 0.05) is 17.7 Å². The summed E-state index contributed by atoms with van der Waals surface area (Å²) in [6.07, 6.45) is -6.09. The minimum atomic E-state index is -4.84. The van der Waals surface area contributed by atoms with E-state index in [1.807, 2.05) is 0 Å². The second-order valence-electron chi connectivity index (χ2n) is 6.21. The van der Waals surface area contributed by atoms with Crippen LogP contribution in [0.4, 0.5) is 18.9 Å². The van der Waals surface area contributed by atoms with E-state index in [0.717, 1.165) is 24.3 Å². The second-order valence-corrected chi connectivity index (χ2v) is 6.21. The van der Waals surface area contributed by atoms with Gasteiger partial charge in [-0.25, -0.2) is 0 Å². The van der Waals surface area contributed by atoms with E-state index in [1.54, 1.807) is 30.3 Å². The molecular formula is C18H14F3N3O4. The number of nitrogens with zero attached hydrogens (tertiary/aromatic N) is 3. The standard InChI is InChI=1S/C18H14F3N3O4/c19-18(20,21)15-11-17(26,13-6-8-14(9-7-13)24(27)28)23(22-15)16(25)10-12-4-2-1-3-5-12/h1-9,26H,10-11H2/t17-/m1/s1. The van der Waals surface area contributed by atoms with E-state index in [2.05, 4.69) is 5.10 Å². The Labute approximate surface area is 156 Å². The van der Waals surface area contributed by atoms with Crippen LogP contribution in [0.25, 0.3) is 0 Å². The van der Waals surface area contributed by atoms with Crippen LogP contribution in [-0.4, -0.2) is 32.8 Å². The summed E-state index contributed by atoms with van der Waals surface area (Å²) in [6.45, 7) is 0. The van der Waals surface area contributed by atoms with E-state index in [1.165, 1.54) is 0 Å². The number of carbonyl (C=O) groups is 1. The Hall–Kier alpha value is -3.27. The minimum Gasteiger partial charge on any atom is -0.365 e. The third kappa shape index (κ3) is 3.72. The van der Waals surface area contributed by atoms with Crippen molar-refractivity contribution in [3.63, 3.8) is 0 Å². The number of carbonyl (C=O) groups excluding carboxylic acids is 1. The number of benzene rings is 2. The number of alkyl halides is 3. The van der Waals surface area contributed by atoms with Crippen LogP contribution in [0.5, 0.6) is 0 Å². The van der Waals surface area contributed by atoms with E-state index < -0.39 is 34.9 Å². The van der Waals surface area contributed by atoms with Crippen molar-refractivity contribution in [2.45, 2.75) is 24.7 Å². The van der Waals surface area contributed by atoms with E-state index in [4.69, 9.17) is 0 Å². The summed E-state index contributed by atoms with van der Waals surface area (Å²) in [5.74, 6) is -0.841. The Balaban J connectivity index is 1.97. The molecule has 1 amide bonds. The maximum atomic E-state index is 13.2. The number of rotatable bonds is 4. The predicted octanol–water partition coefficient (Wildman–Crippen LogP) is 3.13. The lowest BCUT2D eigenvalue weighted by Crippen LogP contribution is -2.44. The summed E-state index contributed by atoms with van der Waals surface area (Å²) in [5.41, 5.74) is -3.58. The molecule has 1 aliphatic rings. The van der Waals surface area contributed by atoms with Gasteiger partial charge in [-0.3, -0.25) is 14.9 Å². The van der Waals surface area contributed by atoms with Crippen molar-refractivity contribution in [3.05, 3.63) is 75.8 Å². The molecule has 0 saturated carbocycles. The third-order valence-corrected chi connectivity index (χ3v) is 4.29. The molecule has 0 unspecified atom stereocenters. The third-order valence-electron chi connectivity index (χ3n) is 4.29. The Bertz CT molecular complexity index is 929. The maximum Gasteiger partial charge on any atom is 0.431 e. The van der Waals surface area contributed by atoms with Crippen LogP contribution < -0.4 is 0 Å². The van der Waals surface area contributed by atoms with Crippen molar-refractivity contribution in [2.24, 2.45) is 5.10 Å². The van der Waals surface area contributed by atoms with Gasteiger partial charge in [-0.05, 0) is 17.7 Å². The number of hydrogen-bond acceptors (Lipinski definition) is 5. The molecule has 3 rings (SSSR count). The van der Waals surface area contributed by atoms with Gasteiger partial charge in [0.25, 0.3) is 5.69 Å². The quantitative estimate of drug-likeness (QED) is 0.638. The summed E-state index contributed by atoms with van der Waals surface area (Å²) >= 11 is 0. The van der Waals surface area contributed by atoms with Gasteiger partial charge in [-0.1, -0.05) is 30.3 Å². The van der Waals surface area contributed by atoms with Crippen molar-refractivity contribution in [1.82, 2.24) is 5.01 Å². The molecule has 1 aliphatic heterocycles. The SMILES string of the molecule is O=C(Cc1ccccc1)N1N=C(C(F)(F)F)C[C@@]1(O)c1ccc([N+](=O)[O-])cc1. The van der Waals surface area contributed by atoms with Crippen LogP contribution in [0.2, 0.25) is 0 Å². The van der Waals surface area contributed by atoms with E-state index in [-0.39, 0.29) is 17.7 Å². The highest BCUT2D eigenvalue weighted by Gasteiger charge is 2.53. The molecule has 1 N–H and O–H groups in total. The zero-order valence-corrected chi connectivity index (χ0v) is 14.3. The number of non-ortho nitro benzene ring substituents is 1. The van der Waals surface area contributed by atoms with Gasteiger partial charge in [0.2, 0.25) is 5.91 Å². The van der Waals surface area contributed by atoms with Gasteiger partial charge >= 0.3 is 6.18 Å². The van der Waals surface area contributed by atoms with Crippen LogP contribution >= 0.6 is 0 Å². The first-order valence-electron chi connectivity index (χ1n) is 8.10. The van der Waals surface area contributed by atoms with Crippen molar-refractivity contribution >= 4 is 17.3 Å². The first-order valence-corrected chi connectivity index (χ1v) is 8.10. The summed E-state index contributed by atoms with van der Waals surface area (Å²) in [5, 5.41) is 25.5. The molecule has 1 heterocycles. The fraction of sp³-hybridized carbons (Fsp3) is 0.222. The zero-order valence-electron chi connectivity index (χ0n) is 14.3. The van der Waals surface area contributed by atoms with Crippen LogP contribution in [0.15, 0.2) is 59.7 Å². The summed E-state index contributed by atoms with van der Waals surface area (Å²) in [6, 6.07) is 12.6.